The second-order valence-electron chi connectivity index (χ2n) is 7.40. The lowest BCUT2D eigenvalue weighted by molar-refractivity contribution is 0.0192. The van der Waals surface area contributed by atoms with Gasteiger partial charge in [-0.05, 0) is 25.5 Å². The molecule has 1 saturated heterocycles. The average molecular weight is 447 g/mol. The Balaban J connectivity index is 1.60. The highest BCUT2D eigenvalue weighted by atomic mass is 35.5. The number of amides is 1. The lowest BCUT2D eigenvalue weighted by Gasteiger charge is -2.36. The highest BCUT2D eigenvalue weighted by molar-refractivity contribution is 6.43. The number of aliphatic hydroxyl groups is 1. The SMILES string of the molecule is COCCCN1CC[C@@H](CNC(=O)c2cc(Cl)c(Cl)c3c2OCCCO3)C(O)C1. The maximum absolute atomic E-state index is 12.8. The predicted octanol–water partition coefficient (Wildman–Crippen LogP) is 2.60. The van der Waals surface area contributed by atoms with E-state index < -0.39 is 6.10 Å². The van der Waals surface area contributed by atoms with Crippen molar-refractivity contribution in [1.29, 1.82) is 0 Å². The first-order valence-electron chi connectivity index (χ1n) is 9.96. The minimum atomic E-state index is -0.489. The van der Waals surface area contributed by atoms with Crippen molar-refractivity contribution < 1.29 is 24.1 Å². The summed E-state index contributed by atoms with van der Waals surface area (Å²) < 4.78 is 16.4. The Morgan fingerprint density at radius 1 is 1.34 bits per heavy atom. The standard InChI is InChI=1S/C20H28Cl2N2O5/c1-27-7-2-5-24-6-4-13(16(25)12-24)11-23-20(26)14-10-15(21)17(22)19-18(14)28-8-3-9-29-19/h10,13,16,25H,2-9,11-12H2,1H3,(H,23,26)/t13-,16?/m0/s1. The Hall–Kier alpha value is -1.25. The molecule has 0 spiro atoms. The third-order valence-corrected chi connectivity index (χ3v) is 6.08. The summed E-state index contributed by atoms with van der Waals surface area (Å²) in [5.41, 5.74) is 0.294. The number of fused-ring (bicyclic) bond motifs is 1. The minimum Gasteiger partial charge on any atom is -0.489 e. The van der Waals surface area contributed by atoms with Crippen LogP contribution >= 0.6 is 23.2 Å². The van der Waals surface area contributed by atoms with E-state index in [4.69, 9.17) is 37.4 Å². The van der Waals surface area contributed by atoms with Crippen molar-refractivity contribution in [2.45, 2.75) is 25.4 Å². The molecule has 2 aliphatic heterocycles. The van der Waals surface area contributed by atoms with E-state index >= 15 is 0 Å². The van der Waals surface area contributed by atoms with E-state index in [0.29, 0.717) is 56.4 Å². The van der Waals surface area contributed by atoms with Crippen LogP contribution in [0.15, 0.2) is 6.07 Å². The number of halogens is 2. The molecule has 3 rings (SSSR count). The van der Waals surface area contributed by atoms with Gasteiger partial charge < -0.3 is 29.5 Å². The van der Waals surface area contributed by atoms with E-state index in [-0.39, 0.29) is 21.9 Å². The molecule has 1 fully saturated rings. The molecule has 0 radical (unpaired) electrons. The average Bonchev–Trinajstić information content (AvgIpc) is 2.96. The lowest BCUT2D eigenvalue weighted by atomic mass is 9.93. The molecule has 1 amide bonds. The topological polar surface area (TPSA) is 80.3 Å². The summed E-state index contributed by atoms with van der Waals surface area (Å²) in [4.78, 5) is 15.1. The number of aliphatic hydroxyl groups excluding tert-OH is 1. The molecular weight excluding hydrogens is 419 g/mol. The largest absolute Gasteiger partial charge is 0.489 e. The fourth-order valence-corrected chi connectivity index (χ4v) is 4.06. The second kappa shape index (κ2) is 10.7. The summed E-state index contributed by atoms with van der Waals surface area (Å²) in [6.45, 7) is 4.36. The smallest absolute Gasteiger partial charge is 0.255 e. The number of hydrogen-bond donors (Lipinski definition) is 2. The van der Waals surface area contributed by atoms with Crippen LogP contribution in [0.5, 0.6) is 11.5 Å². The van der Waals surface area contributed by atoms with Crippen LogP contribution in [0.1, 0.15) is 29.6 Å². The van der Waals surface area contributed by atoms with Gasteiger partial charge in [0, 0.05) is 45.7 Å². The quantitative estimate of drug-likeness (QED) is 0.626. The van der Waals surface area contributed by atoms with Crippen molar-refractivity contribution in [3.8, 4) is 11.5 Å². The number of nitrogens with zero attached hydrogens (tertiary/aromatic N) is 1. The summed E-state index contributed by atoms with van der Waals surface area (Å²) in [6, 6.07) is 1.50. The summed E-state index contributed by atoms with van der Waals surface area (Å²) >= 11 is 12.4. The van der Waals surface area contributed by atoms with Crippen molar-refractivity contribution in [3.05, 3.63) is 21.7 Å². The first-order valence-corrected chi connectivity index (χ1v) is 10.7. The molecular formula is C20H28Cl2N2O5. The molecule has 0 aromatic heterocycles. The first-order chi connectivity index (χ1) is 14.0. The predicted molar refractivity (Wildman–Crippen MR) is 111 cm³/mol. The molecule has 2 N–H and O–H groups in total. The van der Waals surface area contributed by atoms with Gasteiger partial charge in [0.15, 0.2) is 11.5 Å². The molecule has 1 unspecified atom stereocenters. The van der Waals surface area contributed by atoms with Crippen LogP contribution in [0.4, 0.5) is 0 Å². The number of likely N-dealkylation sites (tertiary alicyclic amines) is 1. The summed E-state index contributed by atoms with van der Waals surface area (Å²) in [6.07, 6.45) is 1.96. The van der Waals surface area contributed by atoms with E-state index in [1.165, 1.54) is 6.07 Å². The number of carbonyl (C=O) groups excluding carboxylic acids is 1. The fourth-order valence-electron chi connectivity index (χ4n) is 3.67. The van der Waals surface area contributed by atoms with E-state index in [0.717, 1.165) is 25.9 Å². The van der Waals surface area contributed by atoms with Gasteiger partial charge in [0.1, 0.15) is 5.02 Å². The molecule has 162 valence electrons. The summed E-state index contributed by atoms with van der Waals surface area (Å²) in [7, 11) is 1.69. The van der Waals surface area contributed by atoms with Crippen molar-refractivity contribution in [1.82, 2.24) is 10.2 Å². The molecule has 2 atom stereocenters. The van der Waals surface area contributed by atoms with Gasteiger partial charge in [-0.2, -0.15) is 0 Å². The van der Waals surface area contributed by atoms with Crippen LogP contribution < -0.4 is 14.8 Å². The van der Waals surface area contributed by atoms with Crippen LogP contribution in [0.3, 0.4) is 0 Å². The zero-order chi connectivity index (χ0) is 20.8. The van der Waals surface area contributed by atoms with Gasteiger partial charge in [-0.1, -0.05) is 23.2 Å². The molecule has 0 saturated carbocycles. The molecule has 2 heterocycles. The molecule has 1 aromatic rings. The fraction of sp³-hybridized carbons (Fsp3) is 0.650. The number of benzene rings is 1. The Kier molecular flexibility index (Phi) is 8.26. The highest BCUT2D eigenvalue weighted by Crippen LogP contribution is 2.44. The Bertz CT molecular complexity index is 719. The molecule has 0 aliphatic carbocycles. The van der Waals surface area contributed by atoms with Crippen molar-refractivity contribution in [2.24, 2.45) is 5.92 Å². The second-order valence-corrected chi connectivity index (χ2v) is 8.19. The van der Waals surface area contributed by atoms with Crippen molar-refractivity contribution in [2.75, 3.05) is 53.1 Å². The molecule has 9 heteroatoms. The lowest BCUT2D eigenvalue weighted by Crippen LogP contribution is -2.48. The molecule has 7 nitrogen and oxygen atoms in total. The van der Waals surface area contributed by atoms with Crippen LogP contribution in [-0.4, -0.2) is 75.1 Å². The number of hydrogen-bond acceptors (Lipinski definition) is 6. The molecule has 29 heavy (non-hydrogen) atoms. The van der Waals surface area contributed by atoms with Crippen molar-refractivity contribution >= 4 is 29.1 Å². The third-order valence-electron chi connectivity index (χ3n) is 5.31. The van der Waals surface area contributed by atoms with E-state index in [2.05, 4.69) is 10.2 Å². The number of methoxy groups -OCH3 is 1. The zero-order valence-electron chi connectivity index (χ0n) is 16.6. The van der Waals surface area contributed by atoms with Gasteiger partial charge in [0.25, 0.3) is 5.91 Å². The van der Waals surface area contributed by atoms with E-state index in [1.54, 1.807) is 7.11 Å². The van der Waals surface area contributed by atoms with Crippen LogP contribution in [-0.2, 0) is 4.74 Å². The normalized spacial score (nSPS) is 22.2. The van der Waals surface area contributed by atoms with Crippen LogP contribution in [0.2, 0.25) is 10.0 Å². The molecule has 0 bridgehead atoms. The maximum atomic E-state index is 12.8. The number of carbonyl (C=O) groups is 1. The minimum absolute atomic E-state index is 0.00355. The maximum Gasteiger partial charge on any atom is 0.255 e. The van der Waals surface area contributed by atoms with Gasteiger partial charge in [0.2, 0.25) is 0 Å². The summed E-state index contributed by atoms with van der Waals surface area (Å²) in [5, 5.41) is 13.9. The van der Waals surface area contributed by atoms with Gasteiger partial charge in [0.05, 0.1) is 29.9 Å². The monoisotopic (exact) mass is 446 g/mol. The third kappa shape index (κ3) is 5.67. The van der Waals surface area contributed by atoms with Gasteiger partial charge in [-0.25, -0.2) is 0 Å². The Morgan fingerprint density at radius 2 is 2.10 bits per heavy atom. The van der Waals surface area contributed by atoms with Gasteiger partial charge >= 0.3 is 0 Å². The van der Waals surface area contributed by atoms with Crippen LogP contribution in [0.25, 0.3) is 0 Å². The first kappa shape index (κ1) is 22.4. The number of ether oxygens (including phenoxy) is 3. The van der Waals surface area contributed by atoms with Crippen LogP contribution in [0, 0.1) is 5.92 Å². The van der Waals surface area contributed by atoms with E-state index in [9.17, 15) is 9.90 Å². The molecule has 2 aliphatic rings. The van der Waals surface area contributed by atoms with Gasteiger partial charge in [-0.3, -0.25) is 4.79 Å². The van der Waals surface area contributed by atoms with E-state index in [1.807, 2.05) is 0 Å². The van der Waals surface area contributed by atoms with Crippen molar-refractivity contribution in [3.63, 3.8) is 0 Å². The Labute approximate surface area is 181 Å². The number of rotatable bonds is 7. The molecule has 1 aromatic carbocycles. The number of piperidine rings is 1. The number of nitrogens with one attached hydrogen (secondary N) is 1. The summed E-state index contributed by atoms with van der Waals surface area (Å²) in [5.74, 6) is 0.310. The highest BCUT2D eigenvalue weighted by Gasteiger charge is 2.29. The number of β-amino-alcohol motifs (C(OH)–C–C–N with tert-alkyl or cyclic N) is 1. The zero-order valence-corrected chi connectivity index (χ0v) is 18.1. The van der Waals surface area contributed by atoms with Gasteiger partial charge in [-0.15, -0.1) is 0 Å². The Morgan fingerprint density at radius 3 is 2.83 bits per heavy atom.